The number of nitrogens with one attached hydrogen (secondary N) is 1. The minimum Gasteiger partial charge on any atom is -0.461 e. The smallest absolute Gasteiger partial charge is 0.322 e. The van der Waals surface area contributed by atoms with Gasteiger partial charge in [-0.15, -0.1) is 0 Å². The van der Waals surface area contributed by atoms with Crippen molar-refractivity contribution in [3.05, 3.63) is 5.28 Å². The quantitative estimate of drug-likeness (QED) is 0.903. The van der Waals surface area contributed by atoms with Crippen LogP contribution in [0.3, 0.4) is 0 Å². The van der Waals surface area contributed by atoms with E-state index in [0.717, 1.165) is 13.0 Å². The molecule has 0 amide bonds. The van der Waals surface area contributed by atoms with Gasteiger partial charge in [-0.05, 0) is 38.8 Å². The van der Waals surface area contributed by atoms with Crippen LogP contribution in [0.5, 0.6) is 6.01 Å². The summed E-state index contributed by atoms with van der Waals surface area (Å²) in [5.74, 6) is 0.415. The molecule has 1 saturated heterocycles. The molecule has 1 unspecified atom stereocenters. The minimum absolute atomic E-state index is 0.0123. The number of hydrogen-bond acceptors (Lipinski definition) is 6. The molecule has 0 spiro atoms. The Morgan fingerprint density at radius 1 is 1.39 bits per heavy atom. The molecule has 1 atom stereocenters. The fraction of sp³-hybridized carbons (Fsp3) is 0.727. The fourth-order valence-electron chi connectivity index (χ4n) is 1.69. The maximum atomic E-state index is 5.85. The van der Waals surface area contributed by atoms with E-state index >= 15 is 0 Å². The maximum Gasteiger partial charge on any atom is 0.322 e. The van der Waals surface area contributed by atoms with E-state index in [0.29, 0.717) is 12.6 Å². The van der Waals surface area contributed by atoms with Crippen LogP contribution in [-0.2, 0) is 4.74 Å². The molecule has 18 heavy (non-hydrogen) atoms. The summed E-state index contributed by atoms with van der Waals surface area (Å²) in [6.45, 7) is 7.21. The second kappa shape index (κ2) is 5.24. The molecule has 1 aliphatic heterocycles. The molecule has 0 aromatic carbocycles. The zero-order valence-corrected chi connectivity index (χ0v) is 11.5. The van der Waals surface area contributed by atoms with E-state index in [2.05, 4.69) is 27.2 Å². The largest absolute Gasteiger partial charge is 0.461 e. The highest BCUT2D eigenvalue weighted by atomic mass is 35.5. The molecule has 2 heterocycles. The topological polar surface area (TPSA) is 69.2 Å². The van der Waals surface area contributed by atoms with Crippen LogP contribution in [0.15, 0.2) is 0 Å². The molecule has 1 aromatic heterocycles. The highest BCUT2D eigenvalue weighted by Gasteiger charge is 2.30. The first kappa shape index (κ1) is 13.3. The molecule has 0 saturated carbocycles. The van der Waals surface area contributed by atoms with Crippen LogP contribution < -0.4 is 10.1 Å². The van der Waals surface area contributed by atoms with Crippen molar-refractivity contribution in [3.63, 3.8) is 0 Å². The molecular formula is C11H17ClN4O2. The molecule has 7 heteroatoms. The van der Waals surface area contributed by atoms with E-state index in [-0.39, 0.29) is 22.9 Å². The van der Waals surface area contributed by atoms with Crippen molar-refractivity contribution in [2.45, 2.75) is 38.8 Å². The molecule has 1 aromatic rings. The van der Waals surface area contributed by atoms with Crippen molar-refractivity contribution >= 4 is 17.5 Å². The van der Waals surface area contributed by atoms with E-state index in [9.17, 15) is 0 Å². The van der Waals surface area contributed by atoms with Gasteiger partial charge in [-0.3, -0.25) is 0 Å². The molecule has 100 valence electrons. The number of nitrogens with zero attached hydrogens (tertiary/aromatic N) is 3. The van der Waals surface area contributed by atoms with Crippen molar-refractivity contribution < 1.29 is 9.47 Å². The highest BCUT2D eigenvalue weighted by molar-refractivity contribution is 6.28. The van der Waals surface area contributed by atoms with Gasteiger partial charge in [0.1, 0.15) is 0 Å². The normalized spacial score (nSPS) is 23.4. The number of ether oxygens (including phenoxy) is 2. The second-order valence-electron chi connectivity index (χ2n) is 4.87. The first-order valence-corrected chi connectivity index (χ1v) is 6.29. The Hall–Kier alpha value is -1.14. The standard InChI is InChI=1S/C11H17ClN4O2/c1-7(2)18-10-14-8(12)13-9(15-10)16-11(3)4-5-17-6-11/h7H,4-6H2,1-3H3,(H,13,14,15,16). The number of aromatic nitrogens is 3. The van der Waals surface area contributed by atoms with Crippen molar-refractivity contribution in [3.8, 4) is 6.01 Å². The fourth-order valence-corrected chi connectivity index (χ4v) is 1.84. The van der Waals surface area contributed by atoms with Crippen LogP contribution in [0, 0.1) is 0 Å². The Morgan fingerprint density at radius 3 is 2.78 bits per heavy atom. The Morgan fingerprint density at radius 2 is 2.17 bits per heavy atom. The SMILES string of the molecule is CC(C)Oc1nc(Cl)nc(NC2(C)CCOC2)n1. The maximum absolute atomic E-state index is 5.85. The third-order valence-corrected chi connectivity index (χ3v) is 2.73. The highest BCUT2D eigenvalue weighted by Crippen LogP contribution is 2.23. The lowest BCUT2D eigenvalue weighted by molar-refractivity contribution is 0.185. The Bertz CT molecular complexity index is 422. The van der Waals surface area contributed by atoms with Crippen molar-refractivity contribution in [2.24, 2.45) is 0 Å². The predicted octanol–water partition coefficient (Wildman–Crippen LogP) is 1.90. The lowest BCUT2D eigenvalue weighted by atomic mass is 10.0. The van der Waals surface area contributed by atoms with E-state index < -0.39 is 0 Å². The summed E-state index contributed by atoms with van der Waals surface area (Å²) in [6, 6.07) is 0.231. The summed E-state index contributed by atoms with van der Waals surface area (Å²) < 4.78 is 10.8. The zero-order chi connectivity index (χ0) is 13.2. The number of halogens is 1. The number of rotatable bonds is 4. The van der Waals surface area contributed by atoms with Gasteiger partial charge in [-0.25, -0.2) is 0 Å². The summed E-state index contributed by atoms with van der Waals surface area (Å²) >= 11 is 5.85. The summed E-state index contributed by atoms with van der Waals surface area (Å²) in [4.78, 5) is 12.2. The summed E-state index contributed by atoms with van der Waals surface area (Å²) in [6.07, 6.45) is 0.887. The van der Waals surface area contributed by atoms with Crippen LogP contribution in [0.25, 0.3) is 0 Å². The Labute approximate surface area is 111 Å². The minimum atomic E-state index is -0.167. The molecule has 6 nitrogen and oxygen atoms in total. The van der Waals surface area contributed by atoms with Gasteiger partial charge in [-0.2, -0.15) is 15.0 Å². The third kappa shape index (κ3) is 3.43. The molecule has 0 radical (unpaired) electrons. The second-order valence-corrected chi connectivity index (χ2v) is 5.20. The first-order valence-electron chi connectivity index (χ1n) is 5.91. The van der Waals surface area contributed by atoms with E-state index in [1.807, 2.05) is 13.8 Å². The van der Waals surface area contributed by atoms with Crippen molar-refractivity contribution in [1.82, 2.24) is 15.0 Å². The van der Waals surface area contributed by atoms with Gasteiger partial charge in [0, 0.05) is 6.61 Å². The monoisotopic (exact) mass is 272 g/mol. The molecular weight excluding hydrogens is 256 g/mol. The molecule has 1 aliphatic rings. The Balaban J connectivity index is 2.14. The molecule has 1 fully saturated rings. The molecule has 0 bridgehead atoms. The van der Waals surface area contributed by atoms with Crippen LogP contribution in [0.2, 0.25) is 5.28 Å². The molecule has 2 rings (SSSR count). The Kier molecular flexibility index (Phi) is 3.87. The van der Waals surface area contributed by atoms with Gasteiger partial charge in [0.2, 0.25) is 11.2 Å². The van der Waals surface area contributed by atoms with E-state index in [1.54, 1.807) is 0 Å². The first-order chi connectivity index (χ1) is 8.47. The summed E-state index contributed by atoms with van der Waals surface area (Å²) in [7, 11) is 0. The number of anilines is 1. The summed E-state index contributed by atoms with van der Waals surface area (Å²) in [5.41, 5.74) is -0.167. The van der Waals surface area contributed by atoms with Crippen molar-refractivity contribution in [2.75, 3.05) is 18.5 Å². The van der Waals surface area contributed by atoms with Crippen LogP contribution in [0.4, 0.5) is 5.95 Å². The van der Waals surface area contributed by atoms with Gasteiger partial charge < -0.3 is 14.8 Å². The zero-order valence-electron chi connectivity index (χ0n) is 10.7. The van der Waals surface area contributed by atoms with Crippen molar-refractivity contribution in [1.29, 1.82) is 0 Å². The van der Waals surface area contributed by atoms with Gasteiger partial charge >= 0.3 is 6.01 Å². The van der Waals surface area contributed by atoms with Crippen LogP contribution in [0.1, 0.15) is 27.2 Å². The van der Waals surface area contributed by atoms with Gasteiger partial charge in [-0.1, -0.05) is 0 Å². The third-order valence-electron chi connectivity index (χ3n) is 2.56. The van der Waals surface area contributed by atoms with Crippen LogP contribution >= 0.6 is 11.6 Å². The number of hydrogen-bond donors (Lipinski definition) is 1. The lowest BCUT2D eigenvalue weighted by Crippen LogP contribution is -2.35. The molecule has 0 aliphatic carbocycles. The lowest BCUT2D eigenvalue weighted by Gasteiger charge is -2.23. The van der Waals surface area contributed by atoms with Gasteiger partial charge in [0.15, 0.2) is 0 Å². The van der Waals surface area contributed by atoms with E-state index in [1.165, 1.54) is 0 Å². The van der Waals surface area contributed by atoms with E-state index in [4.69, 9.17) is 21.1 Å². The van der Waals surface area contributed by atoms with Gasteiger partial charge in [0.25, 0.3) is 0 Å². The van der Waals surface area contributed by atoms with Gasteiger partial charge in [0.05, 0.1) is 18.2 Å². The average Bonchev–Trinajstić information content (AvgIpc) is 2.62. The average molecular weight is 273 g/mol. The summed E-state index contributed by atoms with van der Waals surface area (Å²) in [5, 5.41) is 3.34. The van der Waals surface area contributed by atoms with Crippen LogP contribution in [-0.4, -0.2) is 39.8 Å². The predicted molar refractivity (Wildman–Crippen MR) is 68.1 cm³/mol. The molecule has 1 N–H and O–H groups in total.